The predicted octanol–water partition coefficient (Wildman–Crippen LogP) is 0.234. The average molecular weight is 345 g/mol. The number of rotatable bonds is 5. The number of ether oxygens (including phenoxy) is 1. The second-order valence-corrected chi connectivity index (χ2v) is 6.40. The molecule has 23 heavy (non-hydrogen) atoms. The molecule has 0 spiro atoms. The summed E-state index contributed by atoms with van der Waals surface area (Å²) >= 11 is 0. The number of hydrogen-bond acceptors (Lipinski definition) is 7. The van der Waals surface area contributed by atoms with Crippen molar-refractivity contribution >= 4 is 21.5 Å². The standard InChI is InChI=1S/C12H16FN5O4S/c1-2-9-10-11(16-5-15-9)18(6-17-10)12-8(13)3-7(22-12)4-21-23(14,19)20/h5-8,12H,2-4H2,1H3,(H2,14,19,20)/t7-,8-,12+/m0/s1. The second kappa shape index (κ2) is 6.07. The molecule has 3 atom stereocenters. The molecule has 0 bridgehead atoms. The van der Waals surface area contributed by atoms with Crippen LogP contribution in [0.3, 0.4) is 0 Å². The van der Waals surface area contributed by atoms with Gasteiger partial charge in [-0.25, -0.2) is 24.5 Å². The van der Waals surface area contributed by atoms with E-state index >= 15 is 0 Å². The van der Waals surface area contributed by atoms with Gasteiger partial charge in [0, 0.05) is 6.42 Å². The van der Waals surface area contributed by atoms with Gasteiger partial charge in [-0.15, -0.1) is 0 Å². The average Bonchev–Trinajstić information content (AvgIpc) is 3.07. The minimum absolute atomic E-state index is 0.00835. The van der Waals surface area contributed by atoms with Gasteiger partial charge >= 0.3 is 10.3 Å². The maximum atomic E-state index is 14.3. The number of nitrogens with two attached hydrogens (primary N) is 1. The van der Waals surface area contributed by atoms with Crippen LogP contribution in [0, 0.1) is 0 Å². The number of imidazole rings is 1. The lowest BCUT2D eigenvalue weighted by Gasteiger charge is -2.15. The van der Waals surface area contributed by atoms with Gasteiger partial charge in [-0.05, 0) is 6.42 Å². The Bertz CT molecular complexity index is 811. The molecule has 0 unspecified atom stereocenters. The van der Waals surface area contributed by atoms with Crippen LogP contribution < -0.4 is 5.14 Å². The highest BCUT2D eigenvalue weighted by molar-refractivity contribution is 7.84. The third kappa shape index (κ3) is 3.32. The molecule has 0 amide bonds. The Morgan fingerprint density at radius 3 is 2.96 bits per heavy atom. The highest BCUT2D eigenvalue weighted by atomic mass is 32.2. The zero-order chi connectivity index (χ0) is 16.6. The van der Waals surface area contributed by atoms with Crippen molar-refractivity contribution in [3.63, 3.8) is 0 Å². The van der Waals surface area contributed by atoms with Gasteiger partial charge in [-0.3, -0.25) is 8.75 Å². The lowest BCUT2D eigenvalue weighted by atomic mass is 10.2. The predicted molar refractivity (Wildman–Crippen MR) is 77.2 cm³/mol. The highest BCUT2D eigenvalue weighted by Gasteiger charge is 2.38. The summed E-state index contributed by atoms with van der Waals surface area (Å²) in [5, 5.41) is 4.75. The summed E-state index contributed by atoms with van der Waals surface area (Å²) in [5.74, 6) is 0. The summed E-state index contributed by atoms with van der Waals surface area (Å²) in [7, 11) is -4.09. The Balaban J connectivity index is 1.82. The molecule has 2 aromatic rings. The van der Waals surface area contributed by atoms with Crippen molar-refractivity contribution in [3.05, 3.63) is 18.3 Å². The first-order chi connectivity index (χ1) is 10.9. The van der Waals surface area contributed by atoms with Gasteiger partial charge in [0.25, 0.3) is 0 Å². The molecule has 3 rings (SSSR count). The number of nitrogens with zero attached hydrogens (tertiary/aromatic N) is 4. The Kier molecular flexibility index (Phi) is 4.27. The van der Waals surface area contributed by atoms with Crippen molar-refractivity contribution in [1.82, 2.24) is 19.5 Å². The Labute approximate surface area is 131 Å². The minimum atomic E-state index is -4.09. The molecule has 1 fully saturated rings. The topological polar surface area (TPSA) is 122 Å². The van der Waals surface area contributed by atoms with E-state index in [0.717, 1.165) is 5.69 Å². The normalized spacial score (nSPS) is 25.3. The minimum Gasteiger partial charge on any atom is -0.349 e. The van der Waals surface area contributed by atoms with Crippen LogP contribution >= 0.6 is 0 Å². The number of aryl methyl sites for hydroxylation is 1. The van der Waals surface area contributed by atoms with E-state index in [1.807, 2.05) is 6.92 Å². The molecular formula is C12H16FN5O4S. The molecule has 0 saturated carbocycles. The number of fused-ring (bicyclic) bond motifs is 1. The van der Waals surface area contributed by atoms with Crippen LogP contribution in [-0.2, 0) is 25.6 Å². The van der Waals surface area contributed by atoms with E-state index in [4.69, 9.17) is 9.88 Å². The monoisotopic (exact) mass is 345 g/mol. The van der Waals surface area contributed by atoms with Crippen molar-refractivity contribution < 1.29 is 21.7 Å². The molecule has 126 valence electrons. The molecule has 0 aliphatic carbocycles. The fraction of sp³-hybridized carbons (Fsp3) is 0.583. The molecular weight excluding hydrogens is 329 g/mol. The van der Waals surface area contributed by atoms with Crippen LogP contribution in [0.1, 0.15) is 25.3 Å². The first-order valence-electron chi connectivity index (χ1n) is 7.02. The summed E-state index contributed by atoms with van der Waals surface area (Å²) in [6, 6.07) is 0. The van der Waals surface area contributed by atoms with E-state index in [0.29, 0.717) is 17.6 Å². The van der Waals surface area contributed by atoms with Crippen LogP contribution in [-0.4, -0.2) is 46.8 Å². The van der Waals surface area contributed by atoms with E-state index < -0.39 is 28.8 Å². The van der Waals surface area contributed by atoms with E-state index in [1.54, 1.807) is 0 Å². The maximum Gasteiger partial charge on any atom is 0.333 e. The van der Waals surface area contributed by atoms with Crippen molar-refractivity contribution in [2.24, 2.45) is 5.14 Å². The first kappa shape index (κ1) is 16.2. The van der Waals surface area contributed by atoms with E-state index in [9.17, 15) is 12.8 Å². The van der Waals surface area contributed by atoms with Crippen LogP contribution in [0.5, 0.6) is 0 Å². The van der Waals surface area contributed by atoms with Crippen molar-refractivity contribution in [2.75, 3.05) is 6.61 Å². The van der Waals surface area contributed by atoms with Crippen molar-refractivity contribution in [1.29, 1.82) is 0 Å². The van der Waals surface area contributed by atoms with Crippen molar-refractivity contribution in [2.45, 2.75) is 38.3 Å². The molecule has 1 saturated heterocycles. The Morgan fingerprint density at radius 1 is 1.48 bits per heavy atom. The van der Waals surface area contributed by atoms with Gasteiger partial charge < -0.3 is 4.74 Å². The van der Waals surface area contributed by atoms with E-state index in [-0.39, 0.29) is 13.0 Å². The number of halogens is 1. The summed E-state index contributed by atoms with van der Waals surface area (Å²) < 4.78 is 47.4. The van der Waals surface area contributed by atoms with Crippen LogP contribution in [0.15, 0.2) is 12.7 Å². The maximum absolute atomic E-state index is 14.3. The summed E-state index contributed by atoms with van der Waals surface area (Å²) in [6.45, 7) is 1.60. The molecule has 11 heteroatoms. The lowest BCUT2D eigenvalue weighted by Crippen LogP contribution is -2.23. The fourth-order valence-corrected chi connectivity index (χ4v) is 2.91. The zero-order valence-electron chi connectivity index (χ0n) is 12.3. The molecule has 1 aliphatic rings. The Hall–Kier alpha value is -1.69. The molecule has 9 nitrogen and oxygen atoms in total. The number of alkyl halides is 1. The van der Waals surface area contributed by atoms with Gasteiger partial charge in [-0.2, -0.15) is 8.42 Å². The van der Waals surface area contributed by atoms with Crippen LogP contribution in [0.2, 0.25) is 0 Å². The molecule has 1 aliphatic heterocycles. The molecule has 3 heterocycles. The number of aromatic nitrogens is 4. The zero-order valence-corrected chi connectivity index (χ0v) is 13.1. The van der Waals surface area contributed by atoms with Gasteiger partial charge in [0.05, 0.1) is 24.7 Å². The lowest BCUT2D eigenvalue weighted by molar-refractivity contribution is -0.0305. The van der Waals surface area contributed by atoms with E-state index in [2.05, 4.69) is 19.1 Å². The van der Waals surface area contributed by atoms with Gasteiger partial charge in [-0.1, -0.05) is 6.92 Å². The Morgan fingerprint density at radius 2 is 2.26 bits per heavy atom. The second-order valence-electron chi connectivity index (χ2n) is 5.18. The fourth-order valence-electron chi connectivity index (χ4n) is 2.57. The van der Waals surface area contributed by atoms with Crippen molar-refractivity contribution in [3.8, 4) is 0 Å². The highest BCUT2D eigenvalue weighted by Crippen LogP contribution is 2.33. The SMILES string of the molecule is CCc1ncnc2c1ncn2[C@@H]1O[C@H](COS(N)(=O)=O)C[C@@H]1F. The quantitative estimate of drug-likeness (QED) is 0.823. The third-order valence-electron chi connectivity index (χ3n) is 3.59. The van der Waals surface area contributed by atoms with Gasteiger partial charge in [0.1, 0.15) is 18.0 Å². The number of hydrogen-bond donors (Lipinski definition) is 1. The smallest absolute Gasteiger partial charge is 0.333 e. The molecule has 2 aromatic heterocycles. The van der Waals surface area contributed by atoms with E-state index in [1.165, 1.54) is 17.2 Å². The largest absolute Gasteiger partial charge is 0.349 e. The summed E-state index contributed by atoms with van der Waals surface area (Å²) in [5.41, 5.74) is 1.82. The van der Waals surface area contributed by atoms with Gasteiger partial charge in [0.2, 0.25) is 0 Å². The molecule has 2 N–H and O–H groups in total. The van der Waals surface area contributed by atoms with Gasteiger partial charge in [0.15, 0.2) is 11.9 Å². The first-order valence-corrected chi connectivity index (χ1v) is 8.49. The third-order valence-corrected chi connectivity index (χ3v) is 4.06. The summed E-state index contributed by atoms with van der Waals surface area (Å²) in [4.78, 5) is 12.5. The molecule has 0 aromatic carbocycles. The van der Waals surface area contributed by atoms with Crippen LogP contribution in [0.25, 0.3) is 11.2 Å². The summed E-state index contributed by atoms with van der Waals surface area (Å²) in [6.07, 6.45) is 0.479. The van der Waals surface area contributed by atoms with Crippen LogP contribution in [0.4, 0.5) is 4.39 Å². The molecule has 0 radical (unpaired) electrons.